The molecule has 0 spiro atoms. The molecule has 4 heterocycles. The minimum absolute atomic E-state index is 0.0143. The monoisotopic (exact) mass is 563 g/mol. The molecule has 2 aromatic heterocycles. The van der Waals surface area contributed by atoms with Gasteiger partial charge in [0.15, 0.2) is 0 Å². The topological polar surface area (TPSA) is 82.2 Å². The van der Waals surface area contributed by atoms with Crippen LogP contribution in [0.5, 0.6) is 0 Å². The van der Waals surface area contributed by atoms with Gasteiger partial charge in [-0.05, 0) is 70.0 Å². The Morgan fingerprint density at radius 1 is 1.00 bits per heavy atom. The van der Waals surface area contributed by atoms with Crippen LogP contribution in [0.3, 0.4) is 0 Å². The molecule has 5 aromatic rings. The van der Waals surface area contributed by atoms with Crippen molar-refractivity contribution in [2.45, 2.75) is 44.2 Å². The Labute approximate surface area is 243 Å². The third-order valence-electron chi connectivity index (χ3n) is 8.76. The molecule has 1 saturated heterocycles. The number of likely N-dealkylation sites (tertiary alicyclic amines) is 1. The van der Waals surface area contributed by atoms with Gasteiger partial charge in [0.2, 0.25) is 11.8 Å². The number of rotatable bonds is 5. The summed E-state index contributed by atoms with van der Waals surface area (Å²) in [6.07, 6.45) is 7.17. The summed E-state index contributed by atoms with van der Waals surface area (Å²) < 4.78 is 0. The SMILES string of the molecule is O=C(CC1C(=O)N(Cc2ccncc2)Cc2c1cc(Cl)c1[nH]ncc21)N1CCC(c2ccc3ccccc3c2)CC1. The molecule has 2 aliphatic rings. The number of H-pyrrole nitrogens is 1. The van der Waals surface area contributed by atoms with Crippen LogP contribution in [-0.2, 0) is 22.7 Å². The Bertz CT molecular complexity index is 1760. The molecule has 0 radical (unpaired) electrons. The lowest BCUT2D eigenvalue weighted by atomic mass is 9.84. The number of nitrogens with zero attached hydrogens (tertiary/aromatic N) is 4. The number of benzene rings is 3. The number of hydrogen-bond donors (Lipinski definition) is 1. The van der Waals surface area contributed by atoms with E-state index in [1.807, 2.05) is 28.0 Å². The standard InChI is InChI=1S/C33H30ClN5O2/c34-30-16-26-27(33(41)39(19-21-7-11-35-12-8-21)20-29(26)28-18-36-37-32(28)30)17-31(40)38-13-9-23(10-14-38)25-6-5-22-3-1-2-4-24(22)15-25/h1-8,11-12,15-16,18,23,27H,9-10,13-14,17,19-20H2,(H,36,37). The molecular weight excluding hydrogens is 534 g/mol. The van der Waals surface area contributed by atoms with E-state index in [1.54, 1.807) is 18.6 Å². The number of pyridine rings is 1. The maximum absolute atomic E-state index is 13.9. The number of amides is 2. The van der Waals surface area contributed by atoms with Crippen molar-refractivity contribution in [3.8, 4) is 0 Å². The Balaban J connectivity index is 1.11. The van der Waals surface area contributed by atoms with Crippen LogP contribution in [0.15, 0.2) is 79.3 Å². The van der Waals surface area contributed by atoms with Crippen LogP contribution in [0.25, 0.3) is 21.7 Å². The second-order valence-corrected chi connectivity index (χ2v) is 11.6. The van der Waals surface area contributed by atoms with Gasteiger partial charge in [-0.2, -0.15) is 5.10 Å². The summed E-state index contributed by atoms with van der Waals surface area (Å²) in [5.41, 5.74) is 4.91. The van der Waals surface area contributed by atoms with Crippen LogP contribution in [-0.4, -0.2) is 49.9 Å². The number of nitrogens with one attached hydrogen (secondary N) is 1. The van der Waals surface area contributed by atoms with E-state index in [0.29, 0.717) is 37.1 Å². The molecule has 1 unspecified atom stereocenters. The van der Waals surface area contributed by atoms with E-state index in [-0.39, 0.29) is 18.2 Å². The summed E-state index contributed by atoms with van der Waals surface area (Å²) in [5, 5.41) is 11.1. The van der Waals surface area contributed by atoms with Gasteiger partial charge in [0.05, 0.1) is 22.7 Å². The van der Waals surface area contributed by atoms with Crippen molar-refractivity contribution >= 4 is 45.1 Å². The first kappa shape index (κ1) is 25.7. The van der Waals surface area contributed by atoms with Gasteiger partial charge >= 0.3 is 0 Å². The number of piperidine rings is 1. The zero-order valence-corrected chi connectivity index (χ0v) is 23.3. The molecule has 7 nitrogen and oxygen atoms in total. The summed E-state index contributed by atoms with van der Waals surface area (Å²) in [6, 6.07) is 20.8. The van der Waals surface area contributed by atoms with Crippen LogP contribution in [0.4, 0.5) is 0 Å². The van der Waals surface area contributed by atoms with Crippen LogP contribution < -0.4 is 0 Å². The normalized spacial score (nSPS) is 17.8. The summed E-state index contributed by atoms with van der Waals surface area (Å²) in [6.45, 7) is 2.26. The second kappa shape index (κ2) is 10.6. The van der Waals surface area contributed by atoms with E-state index < -0.39 is 5.92 Å². The third kappa shape index (κ3) is 4.84. The molecule has 1 N–H and O–H groups in total. The Hall–Kier alpha value is -4.23. The first-order valence-electron chi connectivity index (χ1n) is 14.1. The van der Waals surface area contributed by atoms with Gasteiger partial charge in [0.1, 0.15) is 0 Å². The molecule has 2 amide bonds. The number of fused-ring (bicyclic) bond motifs is 4. The lowest BCUT2D eigenvalue weighted by Gasteiger charge is -2.37. The zero-order valence-electron chi connectivity index (χ0n) is 22.6. The fourth-order valence-electron chi connectivity index (χ4n) is 6.53. The minimum atomic E-state index is -0.594. The molecule has 41 heavy (non-hydrogen) atoms. The van der Waals surface area contributed by atoms with Crippen molar-refractivity contribution in [1.29, 1.82) is 0 Å². The van der Waals surface area contributed by atoms with Crippen LogP contribution >= 0.6 is 11.6 Å². The number of carbonyl (C=O) groups excluding carboxylic acids is 2. The van der Waals surface area contributed by atoms with Crippen LogP contribution in [0.1, 0.15) is 53.4 Å². The Kier molecular flexibility index (Phi) is 6.67. The molecule has 0 aliphatic carbocycles. The molecular formula is C33H30ClN5O2. The Morgan fingerprint density at radius 3 is 2.59 bits per heavy atom. The molecule has 0 saturated carbocycles. The van der Waals surface area contributed by atoms with Crippen molar-refractivity contribution in [3.05, 3.63) is 107 Å². The number of halogens is 1. The van der Waals surface area contributed by atoms with E-state index in [0.717, 1.165) is 40.4 Å². The summed E-state index contributed by atoms with van der Waals surface area (Å²) in [7, 11) is 0. The molecule has 3 aromatic carbocycles. The van der Waals surface area contributed by atoms with Gasteiger partial charge in [-0.25, -0.2) is 0 Å². The van der Waals surface area contributed by atoms with E-state index in [4.69, 9.17) is 11.6 Å². The number of aromatic amines is 1. The van der Waals surface area contributed by atoms with Gasteiger partial charge in [0, 0.05) is 50.4 Å². The van der Waals surface area contributed by atoms with Crippen molar-refractivity contribution in [2.75, 3.05) is 13.1 Å². The van der Waals surface area contributed by atoms with E-state index in [2.05, 4.69) is 57.6 Å². The predicted molar refractivity (Wildman–Crippen MR) is 159 cm³/mol. The van der Waals surface area contributed by atoms with E-state index in [1.165, 1.54) is 16.3 Å². The highest BCUT2D eigenvalue weighted by Crippen LogP contribution is 2.40. The highest BCUT2D eigenvalue weighted by Gasteiger charge is 2.37. The highest BCUT2D eigenvalue weighted by molar-refractivity contribution is 6.35. The van der Waals surface area contributed by atoms with Crippen LogP contribution in [0.2, 0.25) is 5.02 Å². The Morgan fingerprint density at radius 2 is 1.78 bits per heavy atom. The average molecular weight is 564 g/mol. The van der Waals surface area contributed by atoms with Gasteiger partial charge in [-0.15, -0.1) is 0 Å². The smallest absolute Gasteiger partial charge is 0.231 e. The predicted octanol–water partition coefficient (Wildman–Crippen LogP) is 6.19. The van der Waals surface area contributed by atoms with Gasteiger partial charge in [0.25, 0.3) is 0 Å². The lowest BCUT2D eigenvalue weighted by Crippen LogP contribution is -2.43. The van der Waals surface area contributed by atoms with Gasteiger partial charge < -0.3 is 9.80 Å². The maximum atomic E-state index is 13.9. The zero-order chi connectivity index (χ0) is 27.9. The molecule has 206 valence electrons. The number of hydrogen-bond acceptors (Lipinski definition) is 4. The van der Waals surface area contributed by atoms with Crippen molar-refractivity contribution in [1.82, 2.24) is 25.0 Å². The van der Waals surface area contributed by atoms with Gasteiger partial charge in [-0.3, -0.25) is 19.7 Å². The summed E-state index contributed by atoms with van der Waals surface area (Å²) >= 11 is 6.61. The fraction of sp³-hybridized carbons (Fsp3) is 0.273. The van der Waals surface area contributed by atoms with Crippen molar-refractivity contribution < 1.29 is 9.59 Å². The summed E-state index contributed by atoms with van der Waals surface area (Å²) in [5.74, 6) is -0.208. The largest absolute Gasteiger partial charge is 0.343 e. The first-order valence-corrected chi connectivity index (χ1v) is 14.5. The van der Waals surface area contributed by atoms with E-state index >= 15 is 0 Å². The maximum Gasteiger partial charge on any atom is 0.231 e. The number of carbonyl (C=O) groups is 2. The van der Waals surface area contributed by atoms with Gasteiger partial charge in [-0.1, -0.05) is 54.1 Å². The molecule has 7 rings (SSSR count). The van der Waals surface area contributed by atoms with E-state index in [9.17, 15) is 9.59 Å². The number of aromatic nitrogens is 3. The second-order valence-electron chi connectivity index (χ2n) is 11.2. The minimum Gasteiger partial charge on any atom is -0.343 e. The highest BCUT2D eigenvalue weighted by atomic mass is 35.5. The first-order chi connectivity index (χ1) is 20.0. The molecule has 1 fully saturated rings. The third-order valence-corrected chi connectivity index (χ3v) is 9.06. The molecule has 2 aliphatic heterocycles. The van der Waals surface area contributed by atoms with Crippen molar-refractivity contribution in [2.24, 2.45) is 0 Å². The molecule has 8 heteroatoms. The lowest BCUT2D eigenvalue weighted by molar-refractivity contribution is -0.140. The fourth-order valence-corrected chi connectivity index (χ4v) is 6.79. The van der Waals surface area contributed by atoms with Crippen molar-refractivity contribution in [3.63, 3.8) is 0 Å². The summed E-state index contributed by atoms with van der Waals surface area (Å²) in [4.78, 5) is 35.5. The molecule has 0 bridgehead atoms. The molecule has 1 atom stereocenters. The average Bonchev–Trinajstić information content (AvgIpc) is 3.51. The quantitative estimate of drug-likeness (QED) is 0.276. The van der Waals surface area contributed by atoms with Crippen LogP contribution in [0, 0.1) is 0 Å².